The summed E-state index contributed by atoms with van der Waals surface area (Å²) in [5, 5.41) is 22.9. The smallest absolute Gasteiger partial charge is 0.259 e. The van der Waals surface area contributed by atoms with Gasteiger partial charge in [-0.2, -0.15) is 0 Å². The third kappa shape index (κ3) is 2.81. The van der Waals surface area contributed by atoms with Gasteiger partial charge in [0.05, 0.1) is 0 Å². The van der Waals surface area contributed by atoms with Gasteiger partial charge >= 0.3 is 0 Å². The molecule has 0 fully saturated rings. The number of rotatable bonds is 3. The molecule has 6 heteroatoms. The van der Waals surface area contributed by atoms with E-state index in [-0.39, 0.29) is 17.4 Å². The molecule has 2 N–H and O–H groups in total. The first-order valence-corrected chi connectivity index (χ1v) is 7.27. The molecule has 1 heterocycles. The number of nitrogens with zero attached hydrogens (tertiary/aromatic N) is 2. The van der Waals surface area contributed by atoms with Crippen LogP contribution in [0.15, 0.2) is 53.1 Å². The molecule has 3 aromatic rings. The van der Waals surface area contributed by atoms with Crippen LogP contribution in [0.2, 0.25) is 0 Å². The lowest BCUT2D eigenvalue weighted by molar-refractivity contribution is 0.0828. The van der Waals surface area contributed by atoms with Gasteiger partial charge in [0.1, 0.15) is 22.8 Å². The first kappa shape index (κ1) is 15.6. The molecule has 0 aliphatic carbocycles. The van der Waals surface area contributed by atoms with E-state index in [2.05, 4.69) is 5.16 Å². The van der Waals surface area contributed by atoms with Gasteiger partial charge in [0.2, 0.25) is 0 Å². The lowest BCUT2D eigenvalue weighted by Crippen LogP contribution is -2.22. The zero-order chi connectivity index (χ0) is 17.3. The van der Waals surface area contributed by atoms with Crippen molar-refractivity contribution in [3.8, 4) is 34.1 Å². The van der Waals surface area contributed by atoms with E-state index in [9.17, 15) is 15.0 Å². The van der Waals surface area contributed by atoms with E-state index >= 15 is 0 Å². The number of hydrogen-bond donors (Lipinski definition) is 2. The molecule has 0 radical (unpaired) electrons. The van der Waals surface area contributed by atoms with Crippen LogP contribution in [0, 0.1) is 0 Å². The topological polar surface area (TPSA) is 86.8 Å². The highest BCUT2D eigenvalue weighted by atomic mass is 16.5. The quantitative estimate of drug-likeness (QED) is 0.773. The van der Waals surface area contributed by atoms with Crippen LogP contribution in [0.5, 0.6) is 11.5 Å². The normalized spacial score (nSPS) is 10.6. The van der Waals surface area contributed by atoms with E-state index < -0.39 is 0 Å². The van der Waals surface area contributed by atoms with Gasteiger partial charge < -0.3 is 19.6 Å². The van der Waals surface area contributed by atoms with Crippen molar-refractivity contribution in [3.63, 3.8) is 0 Å². The highest BCUT2D eigenvalue weighted by Gasteiger charge is 2.26. The Balaban J connectivity index is 2.18. The molecule has 0 saturated heterocycles. The average molecular weight is 324 g/mol. The number of hydrogen-bond acceptors (Lipinski definition) is 5. The fraction of sp³-hybridized carbons (Fsp3) is 0.111. The SMILES string of the molecule is CN(C)C(=O)c1c(-c2ccc(O)cc2)noc1-c1ccc(O)cc1. The van der Waals surface area contributed by atoms with Crippen molar-refractivity contribution < 1.29 is 19.5 Å². The van der Waals surface area contributed by atoms with Crippen LogP contribution in [0.4, 0.5) is 0 Å². The second-order valence-electron chi connectivity index (χ2n) is 5.53. The van der Waals surface area contributed by atoms with Gasteiger partial charge in [0.25, 0.3) is 5.91 Å². The Hall–Kier alpha value is -3.28. The van der Waals surface area contributed by atoms with E-state index in [1.54, 1.807) is 38.4 Å². The molecule has 0 saturated carbocycles. The summed E-state index contributed by atoms with van der Waals surface area (Å²) in [6.07, 6.45) is 0. The minimum atomic E-state index is -0.248. The zero-order valence-corrected chi connectivity index (χ0v) is 13.2. The average Bonchev–Trinajstić information content (AvgIpc) is 3.00. The summed E-state index contributed by atoms with van der Waals surface area (Å²) in [5.41, 5.74) is 2.02. The van der Waals surface area contributed by atoms with Crippen molar-refractivity contribution in [2.75, 3.05) is 14.1 Å². The molecule has 1 amide bonds. The Kier molecular flexibility index (Phi) is 3.95. The van der Waals surface area contributed by atoms with Gasteiger partial charge in [-0.15, -0.1) is 0 Å². The van der Waals surface area contributed by atoms with E-state index in [0.29, 0.717) is 28.1 Å². The Morgan fingerprint density at radius 3 is 1.92 bits per heavy atom. The molecule has 122 valence electrons. The molecule has 0 aliphatic heterocycles. The van der Waals surface area contributed by atoms with Crippen LogP contribution in [-0.4, -0.2) is 40.3 Å². The summed E-state index contributed by atoms with van der Waals surface area (Å²) in [5.74, 6) is 0.332. The van der Waals surface area contributed by atoms with Gasteiger partial charge in [-0.1, -0.05) is 5.16 Å². The van der Waals surface area contributed by atoms with Crippen molar-refractivity contribution in [2.45, 2.75) is 0 Å². The predicted molar refractivity (Wildman–Crippen MR) is 88.7 cm³/mol. The van der Waals surface area contributed by atoms with Crippen LogP contribution in [0.25, 0.3) is 22.6 Å². The summed E-state index contributed by atoms with van der Waals surface area (Å²) in [6, 6.07) is 12.7. The predicted octanol–water partition coefficient (Wildman–Crippen LogP) is 3.12. The van der Waals surface area contributed by atoms with Crippen molar-refractivity contribution in [1.29, 1.82) is 0 Å². The molecule has 0 bridgehead atoms. The summed E-state index contributed by atoms with van der Waals surface area (Å²) in [6.45, 7) is 0. The number of carbonyl (C=O) groups is 1. The number of amides is 1. The number of aromatic hydroxyl groups is 2. The maximum Gasteiger partial charge on any atom is 0.259 e. The lowest BCUT2D eigenvalue weighted by atomic mass is 10.0. The first-order chi connectivity index (χ1) is 11.5. The second kappa shape index (κ2) is 6.08. The molecule has 2 aromatic carbocycles. The van der Waals surface area contributed by atoms with Gasteiger partial charge in [0, 0.05) is 25.2 Å². The maximum atomic E-state index is 12.7. The minimum absolute atomic E-state index is 0.123. The van der Waals surface area contributed by atoms with Crippen LogP contribution in [0.3, 0.4) is 0 Å². The molecule has 0 aliphatic rings. The standard InChI is InChI=1S/C18H16N2O4/c1-20(2)18(23)15-16(11-3-7-13(21)8-4-11)19-24-17(15)12-5-9-14(22)10-6-12/h3-10,21-22H,1-2H3. The Morgan fingerprint density at radius 2 is 1.42 bits per heavy atom. The minimum Gasteiger partial charge on any atom is -0.508 e. The fourth-order valence-corrected chi connectivity index (χ4v) is 2.34. The molecule has 0 unspecified atom stereocenters. The van der Waals surface area contributed by atoms with Crippen LogP contribution in [-0.2, 0) is 0 Å². The number of phenolic OH excluding ortho intramolecular Hbond substituents is 2. The zero-order valence-electron chi connectivity index (χ0n) is 13.2. The van der Waals surface area contributed by atoms with Crippen molar-refractivity contribution in [1.82, 2.24) is 10.1 Å². The van der Waals surface area contributed by atoms with E-state index in [0.717, 1.165) is 0 Å². The molecule has 0 atom stereocenters. The van der Waals surface area contributed by atoms with Crippen molar-refractivity contribution in [2.24, 2.45) is 0 Å². The van der Waals surface area contributed by atoms with Gasteiger partial charge in [-0.3, -0.25) is 4.79 Å². The summed E-state index contributed by atoms with van der Waals surface area (Å²) < 4.78 is 5.44. The summed E-state index contributed by atoms with van der Waals surface area (Å²) in [4.78, 5) is 14.1. The Bertz CT molecular complexity index is 802. The summed E-state index contributed by atoms with van der Waals surface area (Å²) in [7, 11) is 3.30. The number of phenols is 2. The first-order valence-electron chi connectivity index (χ1n) is 7.27. The molecule has 24 heavy (non-hydrogen) atoms. The maximum absolute atomic E-state index is 12.7. The highest BCUT2D eigenvalue weighted by Crippen LogP contribution is 2.34. The summed E-state index contributed by atoms with van der Waals surface area (Å²) >= 11 is 0. The number of benzene rings is 2. The van der Waals surface area contributed by atoms with E-state index in [1.165, 1.54) is 29.2 Å². The van der Waals surface area contributed by atoms with Crippen LogP contribution >= 0.6 is 0 Å². The monoisotopic (exact) mass is 324 g/mol. The van der Waals surface area contributed by atoms with E-state index in [4.69, 9.17) is 4.52 Å². The number of aromatic nitrogens is 1. The fourth-order valence-electron chi connectivity index (χ4n) is 2.34. The van der Waals surface area contributed by atoms with Crippen molar-refractivity contribution >= 4 is 5.91 Å². The largest absolute Gasteiger partial charge is 0.508 e. The molecule has 3 rings (SSSR count). The highest BCUT2D eigenvalue weighted by molar-refractivity contribution is 6.04. The van der Waals surface area contributed by atoms with Crippen LogP contribution < -0.4 is 0 Å². The van der Waals surface area contributed by atoms with Crippen LogP contribution in [0.1, 0.15) is 10.4 Å². The Morgan fingerprint density at radius 1 is 0.917 bits per heavy atom. The molecular formula is C18H16N2O4. The number of carbonyl (C=O) groups excluding carboxylic acids is 1. The third-order valence-electron chi connectivity index (χ3n) is 3.58. The molecule has 6 nitrogen and oxygen atoms in total. The molecule has 1 aromatic heterocycles. The lowest BCUT2D eigenvalue weighted by Gasteiger charge is -2.11. The van der Waals surface area contributed by atoms with Gasteiger partial charge in [-0.25, -0.2) is 0 Å². The third-order valence-corrected chi connectivity index (χ3v) is 3.58. The van der Waals surface area contributed by atoms with Gasteiger partial charge in [-0.05, 0) is 48.5 Å². The molecular weight excluding hydrogens is 308 g/mol. The van der Waals surface area contributed by atoms with E-state index in [1.807, 2.05) is 0 Å². The second-order valence-corrected chi connectivity index (χ2v) is 5.53. The molecule has 0 spiro atoms. The van der Waals surface area contributed by atoms with Crippen molar-refractivity contribution in [3.05, 3.63) is 54.1 Å². The Labute approximate surface area is 138 Å². The van der Waals surface area contributed by atoms with Gasteiger partial charge in [0.15, 0.2) is 5.76 Å².